The fraction of sp³-hybridized carbons (Fsp3) is 0.800. The molecule has 0 atom stereocenters. The van der Waals surface area contributed by atoms with Crippen LogP contribution in [0.4, 0.5) is 19.2 Å². The van der Waals surface area contributed by atoms with Crippen molar-refractivity contribution in [2.24, 2.45) is 0 Å². The van der Waals surface area contributed by atoms with Gasteiger partial charge in [0.05, 0.1) is 26.4 Å². The van der Waals surface area contributed by atoms with Crippen molar-refractivity contribution < 1.29 is 38.1 Å². The van der Waals surface area contributed by atoms with Crippen LogP contribution < -0.4 is 0 Å². The van der Waals surface area contributed by atoms with Gasteiger partial charge < -0.3 is 18.9 Å². The van der Waals surface area contributed by atoms with Gasteiger partial charge in [-0.15, -0.1) is 0 Å². The summed E-state index contributed by atoms with van der Waals surface area (Å²) < 4.78 is 20.8. The number of hydrogen-bond acceptors (Lipinski definition) is 8. The molecule has 0 aromatic heterocycles. The SMILES string of the molecule is CCCOC(=O)N1CN(C(=O)OCCC)CN(C(=O)OCCC)CN(C(=O)OCCC)C1. The Morgan fingerprint density at radius 1 is 0.469 bits per heavy atom. The minimum atomic E-state index is -0.699. The quantitative estimate of drug-likeness (QED) is 0.507. The minimum absolute atomic E-state index is 0.186. The van der Waals surface area contributed by atoms with Crippen molar-refractivity contribution in [1.29, 1.82) is 0 Å². The molecular weight excluding hydrogens is 424 g/mol. The first-order chi connectivity index (χ1) is 15.4. The maximum Gasteiger partial charge on any atom is 0.412 e. The van der Waals surface area contributed by atoms with Gasteiger partial charge in [-0.05, 0) is 25.7 Å². The van der Waals surface area contributed by atoms with Crippen LogP contribution in [-0.4, -0.2) is 97.1 Å². The monoisotopic (exact) mass is 460 g/mol. The van der Waals surface area contributed by atoms with Gasteiger partial charge in [-0.3, -0.25) is 19.6 Å². The number of rotatable bonds is 8. The van der Waals surface area contributed by atoms with Gasteiger partial charge in [0, 0.05) is 0 Å². The fourth-order valence-electron chi connectivity index (χ4n) is 2.59. The number of ether oxygens (including phenoxy) is 4. The van der Waals surface area contributed by atoms with Crippen molar-refractivity contribution in [3.05, 3.63) is 0 Å². The molecule has 0 aliphatic carbocycles. The summed E-state index contributed by atoms with van der Waals surface area (Å²) in [6, 6.07) is 0. The first-order valence-corrected chi connectivity index (χ1v) is 11.0. The summed E-state index contributed by atoms with van der Waals surface area (Å²) in [5.41, 5.74) is 0. The topological polar surface area (TPSA) is 118 Å². The maximum atomic E-state index is 12.6. The van der Waals surface area contributed by atoms with Gasteiger partial charge in [-0.25, -0.2) is 19.2 Å². The number of hydrogen-bond donors (Lipinski definition) is 0. The molecule has 0 radical (unpaired) electrons. The van der Waals surface area contributed by atoms with E-state index in [-0.39, 0.29) is 53.1 Å². The summed E-state index contributed by atoms with van der Waals surface area (Å²) >= 11 is 0. The van der Waals surface area contributed by atoms with Crippen molar-refractivity contribution in [2.45, 2.75) is 53.4 Å². The highest BCUT2D eigenvalue weighted by atomic mass is 16.6. The Bertz CT molecular complexity index is 506. The number of carbonyl (C=O) groups excluding carboxylic acids is 4. The average molecular weight is 461 g/mol. The van der Waals surface area contributed by atoms with E-state index in [0.717, 1.165) is 0 Å². The zero-order valence-electron chi connectivity index (χ0n) is 19.5. The summed E-state index contributed by atoms with van der Waals surface area (Å²) in [5.74, 6) is 0. The van der Waals surface area contributed by atoms with Crippen LogP contribution in [0.2, 0.25) is 0 Å². The van der Waals surface area contributed by atoms with Crippen molar-refractivity contribution in [1.82, 2.24) is 19.6 Å². The van der Waals surface area contributed by atoms with E-state index in [1.165, 1.54) is 19.6 Å². The third-order valence-electron chi connectivity index (χ3n) is 4.12. The third-order valence-corrected chi connectivity index (χ3v) is 4.12. The lowest BCUT2D eigenvalue weighted by Crippen LogP contribution is -2.59. The molecule has 12 heteroatoms. The number of amides is 4. The normalized spacial score (nSPS) is 14.4. The molecule has 0 N–H and O–H groups in total. The Hall–Kier alpha value is -2.92. The Morgan fingerprint density at radius 3 is 0.812 bits per heavy atom. The van der Waals surface area contributed by atoms with Crippen LogP contribution in [0.3, 0.4) is 0 Å². The summed E-state index contributed by atoms with van der Waals surface area (Å²) in [4.78, 5) is 55.1. The molecule has 1 saturated heterocycles. The molecule has 184 valence electrons. The molecular formula is C20H36N4O8. The second-order valence-corrected chi connectivity index (χ2v) is 7.18. The van der Waals surface area contributed by atoms with Crippen molar-refractivity contribution >= 4 is 24.4 Å². The van der Waals surface area contributed by atoms with Gasteiger partial charge in [-0.1, -0.05) is 27.7 Å². The standard InChI is InChI=1S/C20H36N4O8/c1-5-9-29-17(25)21-13-22(18(26)30-10-6-2)15-24(20(28)32-12-8-4)16-23(14-21)19(27)31-11-7-3/h5-16H2,1-4H3. The predicted octanol–water partition coefficient (Wildman–Crippen LogP) is 3.22. The van der Waals surface area contributed by atoms with E-state index >= 15 is 0 Å². The van der Waals surface area contributed by atoms with Gasteiger partial charge in [0.25, 0.3) is 0 Å². The Morgan fingerprint density at radius 2 is 0.656 bits per heavy atom. The smallest absolute Gasteiger partial charge is 0.412 e. The molecule has 32 heavy (non-hydrogen) atoms. The van der Waals surface area contributed by atoms with E-state index in [4.69, 9.17) is 18.9 Å². The molecule has 1 heterocycles. The van der Waals surface area contributed by atoms with Crippen LogP contribution in [0.5, 0.6) is 0 Å². The average Bonchev–Trinajstić information content (AvgIpc) is 2.77. The first kappa shape index (κ1) is 27.1. The highest BCUT2D eigenvalue weighted by Gasteiger charge is 2.34. The number of carbonyl (C=O) groups is 4. The largest absolute Gasteiger partial charge is 0.449 e. The lowest BCUT2D eigenvalue weighted by molar-refractivity contribution is -0.0233. The van der Waals surface area contributed by atoms with Crippen LogP contribution in [-0.2, 0) is 18.9 Å². The lowest BCUT2D eigenvalue weighted by atomic mass is 10.5. The van der Waals surface area contributed by atoms with E-state index in [9.17, 15) is 19.2 Å². The first-order valence-electron chi connectivity index (χ1n) is 11.0. The van der Waals surface area contributed by atoms with Gasteiger partial charge in [0.2, 0.25) is 0 Å². The molecule has 0 aromatic carbocycles. The van der Waals surface area contributed by atoms with Crippen LogP contribution >= 0.6 is 0 Å². The minimum Gasteiger partial charge on any atom is -0.449 e. The van der Waals surface area contributed by atoms with E-state index in [0.29, 0.717) is 25.7 Å². The highest BCUT2D eigenvalue weighted by molar-refractivity contribution is 5.74. The van der Waals surface area contributed by atoms with Gasteiger partial charge in [0.15, 0.2) is 0 Å². The zero-order valence-corrected chi connectivity index (χ0v) is 19.5. The Balaban J connectivity index is 3.15. The third kappa shape index (κ3) is 9.06. The molecule has 1 rings (SSSR count). The molecule has 0 unspecified atom stereocenters. The van der Waals surface area contributed by atoms with Crippen LogP contribution in [0, 0.1) is 0 Å². The summed E-state index contributed by atoms with van der Waals surface area (Å²) in [7, 11) is 0. The van der Waals surface area contributed by atoms with E-state index in [2.05, 4.69) is 0 Å². The van der Waals surface area contributed by atoms with Crippen molar-refractivity contribution in [3.8, 4) is 0 Å². The molecule has 0 bridgehead atoms. The Labute approximate surface area is 189 Å². The lowest BCUT2D eigenvalue weighted by Gasteiger charge is -2.40. The fourth-order valence-corrected chi connectivity index (χ4v) is 2.59. The summed E-state index contributed by atoms with van der Waals surface area (Å²) in [6.45, 7) is 7.15. The zero-order chi connectivity index (χ0) is 23.9. The van der Waals surface area contributed by atoms with Crippen LogP contribution in [0.15, 0.2) is 0 Å². The van der Waals surface area contributed by atoms with E-state index < -0.39 is 24.4 Å². The van der Waals surface area contributed by atoms with Gasteiger partial charge in [0.1, 0.15) is 26.7 Å². The molecule has 0 aromatic rings. The van der Waals surface area contributed by atoms with E-state index in [1.807, 2.05) is 27.7 Å². The molecule has 12 nitrogen and oxygen atoms in total. The maximum absolute atomic E-state index is 12.6. The van der Waals surface area contributed by atoms with Crippen LogP contribution in [0.25, 0.3) is 0 Å². The van der Waals surface area contributed by atoms with Crippen molar-refractivity contribution in [3.63, 3.8) is 0 Å². The molecule has 1 fully saturated rings. The molecule has 4 amide bonds. The summed E-state index contributed by atoms with van der Waals surface area (Å²) in [5, 5.41) is 0. The second-order valence-electron chi connectivity index (χ2n) is 7.18. The highest BCUT2D eigenvalue weighted by Crippen LogP contribution is 2.13. The molecule has 1 aliphatic heterocycles. The molecule has 1 aliphatic rings. The predicted molar refractivity (Wildman–Crippen MR) is 113 cm³/mol. The van der Waals surface area contributed by atoms with E-state index in [1.54, 1.807) is 0 Å². The van der Waals surface area contributed by atoms with Gasteiger partial charge in [-0.2, -0.15) is 0 Å². The molecule has 0 spiro atoms. The summed E-state index contributed by atoms with van der Waals surface area (Å²) in [6.07, 6.45) is -0.346. The van der Waals surface area contributed by atoms with Gasteiger partial charge >= 0.3 is 24.4 Å². The second kappa shape index (κ2) is 15.0. The van der Waals surface area contributed by atoms with Crippen molar-refractivity contribution in [2.75, 3.05) is 53.1 Å². The Kier molecular flexibility index (Phi) is 12.7. The van der Waals surface area contributed by atoms with Crippen LogP contribution in [0.1, 0.15) is 53.4 Å². The molecule has 0 saturated carbocycles. The number of nitrogens with zero attached hydrogens (tertiary/aromatic N) is 4.